The zero-order valence-electron chi connectivity index (χ0n) is 12.6. The maximum Gasteiger partial charge on any atom is 0.248 e. The van der Waals surface area contributed by atoms with E-state index < -0.39 is 0 Å². The minimum absolute atomic E-state index is 0.0739. The lowest BCUT2D eigenvalue weighted by atomic mass is 10.1. The van der Waals surface area contributed by atoms with Crippen molar-refractivity contribution in [2.24, 2.45) is 0 Å². The van der Waals surface area contributed by atoms with Crippen molar-refractivity contribution in [3.05, 3.63) is 29.3 Å². The second-order valence-electron chi connectivity index (χ2n) is 6.07. The summed E-state index contributed by atoms with van der Waals surface area (Å²) in [4.78, 5) is 26.3. The number of fused-ring (bicyclic) bond motifs is 1. The highest BCUT2D eigenvalue weighted by molar-refractivity contribution is 8.01. The highest BCUT2D eigenvalue weighted by atomic mass is 32.2. The fraction of sp³-hybridized carbons (Fsp3) is 0.500. The molecule has 2 heterocycles. The fourth-order valence-electron chi connectivity index (χ4n) is 3.10. The Bertz CT molecular complexity index is 616. The monoisotopic (exact) mass is 304 g/mol. The molecular weight excluding hydrogens is 284 g/mol. The summed E-state index contributed by atoms with van der Waals surface area (Å²) in [5, 5.41) is 3.00. The summed E-state index contributed by atoms with van der Waals surface area (Å²) < 4.78 is 0. The molecule has 2 atom stereocenters. The lowest BCUT2D eigenvalue weighted by Gasteiger charge is -2.30. The van der Waals surface area contributed by atoms with Gasteiger partial charge in [-0.3, -0.25) is 9.59 Å². The molecule has 0 spiro atoms. The fourth-order valence-corrected chi connectivity index (χ4v) is 4.53. The Kier molecular flexibility index (Phi) is 3.48. The van der Waals surface area contributed by atoms with Gasteiger partial charge in [-0.25, -0.2) is 0 Å². The van der Waals surface area contributed by atoms with Crippen LogP contribution in [0.2, 0.25) is 0 Å². The van der Waals surface area contributed by atoms with E-state index in [-0.39, 0.29) is 22.7 Å². The molecule has 2 saturated heterocycles. The molecule has 112 valence electrons. The molecule has 2 fully saturated rings. The summed E-state index contributed by atoms with van der Waals surface area (Å²) in [5.74, 6) is 0.706. The molecule has 0 saturated carbocycles. The molecule has 1 aromatic rings. The van der Waals surface area contributed by atoms with Crippen LogP contribution in [0.5, 0.6) is 0 Å². The third kappa shape index (κ3) is 2.44. The van der Waals surface area contributed by atoms with Crippen LogP contribution in [0.4, 0.5) is 5.69 Å². The molecule has 21 heavy (non-hydrogen) atoms. The average Bonchev–Trinajstić information content (AvgIpc) is 2.91. The van der Waals surface area contributed by atoms with Crippen LogP contribution >= 0.6 is 11.8 Å². The number of anilines is 1. The average molecular weight is 304 g/mol. The maximum atomic E-state index is 12.6. The van der Waals surface area contributed by atoms with Crippen molar-refractivity contribution in [3.63, 3.8) is 0 Å². The van der Waals surface area contributed by atoms with Crippen LogP contribution in [0, 0.1) is 13.8 Å². The number of rotatable bonds is 2. The normalized spacial score (nSPS) is 27.9. The topological polar surface area (TPSA) is 49.4 Å². The molecule has 2 amide bonds. The van der Waals surface area contributed by atoms with E-state index in [9.17, 15) is 9.59 Å². The molecule has 4 nitrogen and oxygen atoms in total. The molecule has 1 aromatic carbocycles. The van der Waals surface area contributed by atoms with E-state index in [0.29, 0.717) is 12.2 Å². The molecule has 0 radical (unpaired) electrons. The SMILES string of the molecule is Cc1ccc(C)c(NC(=O)[C@H]2CS[C@@]3(C)CCC(=O)N23)c1. The van der Waals surface area contributed by atoms with Crippen molar-refractivity contribution in [1.82, 2.24) is 4.90 Å². The van der Waals surface area contributed by atoms with E-state index in [4.69, 9.17) is 0 Å². The van der Waals surface area contributed by atoms with Crippen molar-refractivity contribution in [1.29, 1.82) is 0 Å². The molecule has 0 aromatic heterocycles. The molecule has 2 aliphatic heterocycles. The number of thioether (sulfide) groups is 1. The summed E-state index contributed by atoms with van der Waals surface area (Å²) in [6, 6.07) is 5.65. The van der Waals surface area contributed by atoms with Gasteiger partial charge in [0, 0.05) is 17.9 Å². The van der Waals surface area contributed by atoms with E-state index in [1.807, 2.05) is 32.0 Å². The minimum atomic E-state index is -0.352. The summed E-state index contributed by atoms with van der Waals surface area (Å²) in [7, 11) is 0. The predicted molar refractivity (Wildman–Crippen MR) is 85.3 cm³/mol. The number of hydrogen-bond acceptors (Lipinski definition) is 3. The quantitative estimate of drug-likeness (QED) is 0.914. The summed E-state index contributed by atoms with van der Waals surface area (Å²) in [6.07, 6.45) is 1.39. The first-order chi connectivity index (χ1) is 9.90. The van der Waals surface area contributed by atoms with Crippen LogP contribution in [-0.4, -0.2) is 33.4 Å². The minimum Gasteiger partial charge on any atom is -0.324 e. The van der Waals surface area contributed by atoms with Crippen LogP contribution in [-0.2, 0) is 9.59 Å². The standard InChI is InChI=1S/C16H20N2O2S/c1-10-4-5-11(2)12(8-10)17-15(20)13-9-21-16(3)7-6-14(19)18(13)16/h4-5,8,13H,6-7,9H2,1-3H3,(H,17,20)/t13-,16+/m1/s1. The van der Waals surface area contributed by atoms with Gasteiger partial charge in [-0.1, -0.05) is 12.1 Å². The first kappa shape index (κ1) is 14.4. The number of benzene rings is 1. The van der Waals surface area contributed by atoms with E-state index in [2.05, 4.69) is 12.2 Å². The van der Waals surface area contributed by atoms with Crippen LogP contribution in [0.3, 0.4) is 0 Å². The summed E-state index contributed by atoms with van der Waals surface area (Å²) in [6.45, 7) is 6.04. The Morgan fingerprint density at radius 1 is 1.43 bits per heavy atom. The maximum absolute atomic E-state index is 12.6. The van der Waals surface area contributed by atoms with Crippen LogP contribution in [0.1, 0.15) is 30.9 Å². The van der Waals surface area contributed by atoms with Crippen LogP contribution < -0.4 is 5.32 Å². The Balaban J connectivity index is 1.80. The Morgan fingerprint density at radius 2 is 2.19 bits per heavy atom. The van der Waals surface area contributed by atoms with Crippen LogP contribution in [0.25, 0.3) is 0 Å². The Morgan fingerprint density at radius 3 is 2.95 bits per heavy atom. The van der Waals surface area contributed by atoms with E-state index in [0.717, 1.165) is 23.2 Å². The Labute approximate surface area is 129 Å². The number of aryl methyl sites for hydroxylation is 2. The van der Waals surface area contributed by atoms with Crippen LogP contribution in [0.15, 0.2) is 18.2 Å². The van der Waals surface area contributed by atoms with Gasteiger partial charge in [-0.2, -0.15) is 0 Å². The zero-order valence-corrected chi connectivity index (χ0v) is 13.4. The van der Waals surface area contributed by atoms with E-state index in [1.54, 1.807) is 16.7 Å². The second kappa shape index (κ2) is 5.05. The van der Waals surface area contributed by atoms with Gasteiger partial charge in [0.2, 0.25) is 11.8 Å². The van der Waals surface area contributed by atoms with E-state index >= 15 is 0 Å². The number of nitrogens with zero attached hydrogens (tertiary/aromatic N) is 1. The first-order valence-electron chi connectivity index (χ1n) is 7.25. The Hall–Kier alpha value is -1.49. The van der Waals surface area contributed by atoms with Gasteiger partial charge in [0.1, 0.15) is 6.04 Å². The van der Waals surface area contributed by atoms with Gasteiger partial charge < -0.3 is 10.2 Å². The summed E-state index contributed by atoms with van der Waals surface area (Å²) >= 11 is 1.72. The molecule has 3 rings (SSSR count). The number of carbonyl (C=O) groups excluding carboxylic acids is 2. The van der Waals surface area contributed by atoms with Gasteiger partial charge in [0.05, 0.1) is 4.87 Å². The third-order valence-electron chi connectivity index (χ3n) is 4.40. The van der Waals surface area contributed by atoms with Gasteiger partial charge in [0.25, 0.3) is 0 Å². The molecule has 2 aliphatic rings. The lowest BCUT2D eigenvalue weighted by Crippen LogP contribution is -2.48. The second-order valence-corrected chi connectivity index (χ2v) is 7.57. The highest BCUT2D eigenvalue weighted by Crippen LogP contribution is 2.47. The lowest BCUT2D eigenvalue weighted by molar-refractivity contribution is -0.135. The van der Waals surface area contributed by atoms with Crippen molar-refractivity contribution < 1.29 is 9.59 Å². The van der Waals surface area contributed by atoms with Gasteiger partial charge in [-0.05, 0) is 44.4 Å². The highest BCUT2D eigenvalue weighted by Gasteiger charge is 2.52. The molecule has 1 N–H and O–H groups in total. The largest absolute Gasteiger partial charge is 0.324 e. The smallest absolute Gasteiger partial charge is 0.248 e. The zero-order chi connectivity index (χ0) is 15.2. The third-order valence-corrected chi connectivity index (χ3v) is 5.90. The molecule has 0 bridgehead atoms. The summed E-state index contributed by atoms with van der Waals surface area (Å²) in [5.41, 5.74) is 2.99. The number of carbonyl (C=O) groups is 2. The first-order valence-corrected chi connectivity index (χ1v) is 8.23. The van der Waals surface area contributed by atoms with Gasteiger partial charge >= 0.3 is 0 Å². The molecule has 0 aliphatic carbocycles. The van der Waals surface area contributed by atoms with Gasteiger partial charge in [0.15, 0.2) is 0 Å². The van der Waals surface area contributed by atoms with Crippen molar-refractivity contribution in [3.8, 4) is 0 Å². The number of hydrogen-bond donors (Lipinski definition) is 1. The number of nitrogens with one attached hydrogen (secondary N) is 1. The van der Waals surface area contributed by atoms with Crippen molar-refractivity contribution in [2.45, 2.75) is 44.5 Å². The van der Waals surface area contributed by atoms with Crippen molar-refractivity contribution >= 4 is 29.3 Å². The van der Waals surface area contributed by atoms with Crippen molar-refractivity contribution in [2.75, 3.05) is 11.1 Å². The molecular formula is C16H20N2O2S. The predicted octanol–water partition coefficient (Wildman–Crippen LogP) is 2.70. The van der Waals surface area contributed by atoms with E-state index in [1.165, 1.54) is 0 Å². The molecule has 5 heteroatoms. The molecule has 0 unspecified atom stereocenters. The number of amides is 2. The van der Waals surface area contributed by atoms with Gasteiger partial charge in [-0.15, -0.1) is 11.8 Å².